The quantitative estimate of drug-likeness (QED) is 0.890. The largest absolute Gasteiger partial charge is 0.508 e. The van der Waals surface area contributed by atoms with Crippen LogP contribution in [0.2, 0.25) is 0 Å². The summed E-state index contributed by atoms with van der Waals surface area (Å²) in [7, 11) is 0. The van der Waals surface area contributed by atoms with Crippen molar-refractivity contribution in [1.82, 2.24) is 10.1 Å². The van der Waals surface area contributed by atoms with E-state index in [1.165, 1.54) is 12.1 Å². The van der Waals surface area contributed by atoms with Crippen LogP contribution >= 0.6 is 0 Å². The van der Waals surface area contributed by atoms with Crippen molar-refractivity contribution < 1.29 is 14.0 Å². The van der Waals surface area contributed by atoms with E-state index in [-0.39, 0.29) is 17.2 Å². The maximum Gasteiger partial charge on any atom is 0.260 e. The van der Waals surface area contributed by atoms with E-state index in [1.54, 1.807) is 0 Å². The number of phenolic OH excluding ortho intramolecular Hbond substituents is 1. The molecule has 0 unspecified atom stereocenters. The van der Waals surface area contributed by atoms with Gasteiger partial charge in [0.05, 0.1) is 5.56 Å². The minimum atomic E-state index is -0.579. The van der Waals surface area contributed by atoms with Crippen LogP contribution in [0.25, 0.3) is 11.5 Å². The summed E-state index contributed by atoms with van der Waals surface area (Å²) >= 11 is 0. The molecular formula is C12H13FN2O2. The lowest BCUT2D eigenvalue weighted by atomic mass is 10.1. The molecule has 2 rings (SSSR count). The summed E-state index contributed by atoms with van der Waals surface area (Å²) in [5.41, 5.74) is 0.199. The van der Waals surface area contributed by atoms with Gasteiger partial charge in [0.1, 0.15) is 11.6 Å². The standard InChI is InChI=1S/C12H13FN2O2/c1-7(2)5-11-14-12(17-15-11)9-4-3-8(16)6-10(9)13/h3-4,6-7,16H,5H2,1-2H3. The van der Waals surface area contributed by atoms with Gasteiger partial charge in [-0.3, -0.25) is 0 Å². The number of nitrogens with zero attached hydrogens (tertiary/aromatic N) is 2. The summed E-state index contributed by atoms with van der Waals surface area (Å²) in [4.78, 5) is 4.11. The summed E-state index contributed by atoms with van der Waals surface area (Å²) in [5.74, 6) is 0.392. The third-order valence-electron chi connectivity index (χ3n) is 2.24. The zero-order chi connectivity index (χ0) is 12.4. The maximum absolute atomic E-state index is 13.5. The SMILES string of the molecule is CC(C)Cc1noc(-c2ccc(O)cc2F)n1. The molecule has 1 aromatic heterocycles. The summed E-state index contributed by atoms with van der Waals surface area (Å²) in [5, 5.41) is 12.9. The smallest absolute Gasteiger partial charge is 0.260 e. The van der Waals surface area contributed by atoms with Crippen LogP contribution in [-0.2, 0) is 6.42 Å². The highest BCUT2D eigenvalue weighted by Crippen LogP contribution is 2.24. The van der Waals surface area contributed by atoms with Crippen molar-refractivity contribution in [3.8, 4) is 17.2 Å². The van der Waals surface area contributed by atoms with Gasteiger partial charge in [-0.15, -0.1) is 0 Å². The molecule has 0 spiro atoms. The zero-order valence-corrected chi connectivity index (χ0v) is 9.64. The monoisotopic (exact) mass is 236 g/mol. The Morgan fingerprint density at radius 2 is 2.18 bits per heavy atom. The first-order chi connectivity index (χ1) is 8.06. The Morgan fingerprint density at radius 1 is 1.41 bits per heavy atom. The zero-order valence-electron chi connectivity index (χ0n) is 9.64. The fourth-order valence-corrected chi connectivity index (χ4v) is 1.49. The first-order valence-electron chi connectivity index (χ1n) is 5.37. The lowest BCUT2D eigenvalue weighted by Crippen LogP contribution is -1.95. The second-order valence-electron chi connectivity index (χ2n) is 4.28. The fraction of sp³-hybridized carbons (Fsp3) is 0.333. The molecule has 2 aromatic rings. The average Bonchev–Trinajstić information content (AvgIpc) is 2.65. The van der Waals surface area contributed by atoms with Gasteiger partial charge in [-0.05, 0) is 18.1 Å². The molecular weight excluding hydrogens is 223 g/mol. The lowest BCUT2D eigenvalue weighted by Gasteiger charge is -1.98. The maximum atomic E-state index is 13.5. The number of benzene rings is 1. The Balaban J connectivity index is 2.30. The van der Waals surface area contributed by atoms with E-state index in [2.05, 4.69) is 10.1 Å². The van der Waals surface area contributed by atoms with Crippen LogP contribution in [0.4, 0.5) is 4.39 Å². The number of hydrogen-bond donors (Lipinski definition) is 1. The lowest BCUT2D eigenvalue weighted by molar-refractivity contribution is 0.415. The van der Waals surface area contributed by atoms with Crippen LogP contribution in [0.3, 0.4) is 0 Å². The third-order valence-corrected chi connectivity index (χ3v) is 2.24. The molecule has 1 N–H and O–H groups in total. The van der Waals surface area contributed by atoms with E-state index in [9.17, 15) is 4.39 Å². The molecule has 1 heterocycles. The average molecular weight is 236 g/mol. The van der Waals surface area contributed by atoms with E-state index in [0.29, 0.717) is 18.2 Å². The van der Waals surface area contributed by atoms with Crippen molar-refractivity contribution in [3.63, 3.8) is 0 Å². The molecule has 0 aliphatic rings. The summed E-state index contributed by atoms with van der Waals surface area (Å²) < 4.78 is 18.5. The van der Waals surface area contributed by atoms with E-state index >= 15 is 0 Å². The van der Waals surface area contributed by atoms with Crippen LogP contribution in [0.1, 0.15) is 19.7 Å². The van der Waals surface area contributed by atoms with Crippen molar-refractivity contribution in [1.29, 1.82) is 0 Å². The topological polar surface area (TPSA) is 59.2 Å². The summed E-state index contributed by atoms with van der Waals surface area (Å²) in [6.45, 7) is 4.08. The molecule has 0 saturated heterocycles. The third kappa shape index (κ3) is 2.61. The predicted molar refractivity (Wildman–Crippen MR) is 59.9 cm³/mol. The van der Waals surface area contributed by atoms with Gasteiger partial charge in [-0.25, -0.2) is 4.39 Å². The molecule has 0 amide bonds. The van der Waals surface area contributed by atoms with Gasteiger partial charge >= 0.3 is 0 Å². The van der Waals surface area contributed by atoms with Crippen LogP contribution in [0, 0.1) is 11.7 Å². The number of aromatic hydroxyl groups is 1. The Kier molecular flexibility index (Phi) is 3.08. The first-order valence-corrected chi connectivity index (χ1v) is 5.37. The second kappa shape index (κ2) is 4.53. The van der Waals surface area contributed by atoms with Crippen LogP contribution in [-0.4, -0.2) is 15.2 Å². The highest BCUT2D eigenvalue weighted by Gasteiger charge is 2.14. The Labute approximate surface area is 98.1 Å². The minimum absolute atomic E-state index is 0.131. The van der Waals surface area contributed by atoms with E-state index in [4.69, 9.17) is 9.63 Å². The molecule has 1 aromatic carbocycles. The van der Waals surface area contributed by atoms with Crippen molar-refractivity contribution >= 4 is 0 Å². The van der Waals surface area contributed by atoms with Gasteiger partial charge in [-0.1, -0.05) is 19.0 Å². The molecule has 0 saturated carbocycles. The summed E-state index contributed by atoms with van der Waals surface area (Å²) in [6, 6.07) is 3.81. The minimum Gasteiger partial charge on any atom is -0.508 e. The number of rotatable bonds is 3. The fourth-order valence-electron chi connectivity index (χ4n) is 1.49. The normalized spacial score (nSPS) is 11.1. The van der Waals surface area contributed by atoms with E-state index < -0.39 is 5.82 Å². The molecule has 0 aliphatic carbocycles. The van der Waals surface area contributed by atoms with Crippen molar-refractivity contribution in [2.45, 2.75) is 20.3 Å². The van der Waals surface area contributed by atoms with Crippen molar-refractivity contribution in [2.75, 3.05) is 0 Å². The van der Waals surface area contributed by atoms with Gasteiger partial charge in [0, 0.05) is 12.5 Å². The van der Waals surface area contributed by atoms with Crippen LogP contribution in [0.5, 0.6) is 5.75 Å². The molecule has 0 bridgehead atoms. The van der Waals surface area contributed by atoms with Crippen LogP contribution < -0.4 is 0 Å². The van der Waals surface area contributed by atoms with E-state index in [1.807, 2.05) is 13.8 Å². The molecule has 5 heteroatoms. The van der Waals surface area contributed by atoms with Crippen LogP contribution in [0.15, 0.2) is 22.7 Å². The highest BCUT2D eigenvalue weighted by molar-refractivity contribution is 5.55. The predicted octanol–water partition coefficient (Wildman–Crippen LogP) is 2.78. The molecule has 4 nitrogen and oxygen atoms in total. The van der Waals surface area contributed by atoms with Gasteiger partial charge in [0.15, 0.2) is 5.82 Å². The van der Waals surface area contributed by atoms with Gasteiger partial charge in [0.25, 0.3) is 5.89 Å². The number of halogens is 1. The Hall–Kier alpha value is -1.91. The molecule has 90 valence electrons. The number of aromatic nitrogens is 2. The van der Waals surface area contributed by atoms with Crippen molar-refractivity contribution in [3.05, 3.63) is 29.8 Å². The Bertz CT molecular complexity index is 523. The number of phenols is 1. The van der Waals surface area contributed by atoms with Gasteiger partial charge in [-0.2, -0.15) is 4.98 Å². The molecule has 0 radical (unpaired) electrons. The highest BCUT2D eigenvalue weighted by atomic mass is 19.1. The molecule has 0 fully saturated rings. The molecule has 0 atom stereocenters. The first kappa shape index (κ1) is 11.6. The molecule has 0 aliphatic heterocycles. The number of hydrogen-bond acceptors (Lipinski definition) is 4. The molecule has 17 heavy (non-hydrogen) atoms. The second-order valence-corrected chi connectivity index (χ2v) is 4.28. The Morgan fingerprint density at radius 3 is 2.82 bits per heavy atom. The summed E-state index contributed by atoms with van der Waals surface area (Å²) in [6.07, 6.45) is 0.684. The van der Waals surface area contributed by atoms with Gasteiger partial charge in [0.2, 0.25) is 0 Å². The van der Waals surface area contributed by atoms with E-state index in [0.717, 1.165) is 6.07 Å². The van der Waals surface area contributed by atoms with Crippen molar-refractivity contribution in [2.24, 2.45) is 5.92 Å². The van der Waals surface area contributed by atoms with Gasteiger partial charge < -0.3 is 9.63 Å².